The first-order valence-electron chi connectivity index (χ1n) is 5.41. The van der Waals surface area contributed by atoms with Gasteiger partial charge in [0.2, 0.25) is 0 Å². The number of carbonyl (C=O) groups is 1. The molecule has 0 unspecified atom stereocenters. The lowest BCUT2D eigenvalue weighted by Gasteiger charge is -2.17. The van der Waals surface area contributed by atoms with E-state index in [0.29, 0.717) is 25.3 Å². The Morgan fingerprint density at radius 3 is 2.65 bits per heavy atom. The minimum Gasteiger partial charge on any atom is -0.504 e. The largest absolute Gasteiger partial charge is 0.504 e. The number of carbonyl (C=O) groups excluding carboxylic acids is 1. The topological polar surface area (TPSA) is 70.0 Å². The summed E-state index contributed by atoms with van der Waals surface area (Å²) in [6.45, 7) is 3.46. The Morgan fingerprint density at radius 1 is 1.35 bits per heavy atom. The maximum Gasteiger partial charge on any atom is 0.253 e. The first kappa shape index (κ1) is 13.3. The number of hydrogen-bond donors (Lipinski definition) is 2. The first-order valence-corrected chi connectivity index (χ1v) is 5.41. The molecule has 5 nitrogen and oxygen atoms in total. The van der Waals surface area contributed by atoms with E-state index in [0.717, 1.165) is 0 Å². The van der Waals surface area contributed by atoms with Crippen molar-refractivity contribution in [3.05, 3.63) is 23.8 Å². The molecule has 1 rings (SSSR count). The van der Waals surface area contributed by atoms with Crippen molar-refractivity contribution >= 4 is 5.91 Å². The molecule has 0 heterocycles. The van der Waals surface area contributed by atoms with Crippen LogP contribution in [-0.2, 0) is 4.74 Å². The van der Waals surface area contributed by atoms with E-state index in [2.05, 4.69) is 0 Å². The summed E-state index contributed by atoms with van der Waals surface area (Å²) in [5.41, 5.74) is 0.333. The summed E-state index contributed by atoms with van der Waals surface area (Å²) in [7, 11) is 1.66. The molecular weight excluding hydrogens is 222 g/mol. The van der Waals surface area contributed by atoms with Crippen LogP contribution in [0.25, 0.3) is 0 Å². The van der Waals surface area contributed by atoms with Crippen molar-refractivity contribution in [2.45, 2.75) is 6.92 Å². The lowest BCUT2D eigenvalue weighted by atomic mass is 10.2. The molecule has 2 N–H and O–H groups in total. The van der Waals surface area contributed by atoms with Crippen LogP contribution < -0.4 is 0 Å². The van der Waals surface area contributed by atoms with Crippen LogP contribution in [0.3, 0.4) is 0 Å². The van der Waals surface area contributed by atoms with Gasteiger partial charge in [0.05, 0.1) is 6.61 Å². The van der Waals surface area contributed by atoms with Gasteiger partial charge in [0.25, 0.3) is 5.91 Å². The van der Waals surface area contributed by atoms with Crippen molar-refractivity contribution in [2.24, 2.45) is 0 Å². The Labute approximate surface area is 100 Å². The normalized spacial score (nSPS) is 10.2. The van der Waals surface area contributed by atoms with Crippen molar-refractivity contribution in [3.8, 4) is 11.5 Å². The van der Waals surface area contributed by atoms with Gasteiger partial charge < -0.3 is 19.8 Å². The summed E-state index contributed by atoms with van der Waals surface area (Å²) in [5, 5.41) is 18.4. The van der Waals surface area contributed by atoms with Gasteiger partial charge in [0.15, 0.2) is 11.5 Å². The number of aromatic hydroxyl groups is 2. The molecule has 5 heteroatoms. The molecule has 0 atom stereocenters. The van der Waals surface area contributed by atoms with E-state index in [-0.39, 0.29) is 17.4 Å². The minimum absolute atomic E-state index is 0.222. The minimum atomic E-state index is -0.297. The smallest absolute Gasteiger partial charge is 0.253 e. The fraction of sp³-hybridized carbons (Fsp3) is 0.417. The van der Waals surface area contributed by atoms with Gasteiger partial charge in [-0.05, 0) is 25.1 Å². The van der Waals surface area contributed by atoms with Crippen LogP contribution in [0.15, 0.2) is 18.2 Å². The Bertz CT molecular complexity index is 392. The van der Waals surface area contributed by atoms with Gasteiger partial charge >= 0.3 is 0 Å². The molecule has 0 fully saturated rings. The molecule has 94 valence electrons. The summed E-state index contributed by atoms with van der Waals surface area (Å²) in [4.78, 5) is 13.4. The zero-order valence-electron chi connectivity index (χ0n) is 10.0. The number of hydrogen-bond acceptors (Lipinski definition) is 4. The van der Waals surface area contributed by atoms with Gasteiger partial charge in [-0.25, -0.2) is 0 Å². The molecule has 0 saturated heterocycles. The van der Waals surface area contributed by atoms with Crippen molar-refractivity contribution in [1.82, 2.24) is 4.90 Å². The average molecular weight is 239 g/mol. The Kier molecular flexibility index (Phi) is 4.78. The fourth-order valence-electron chi connectivity index (χ4n) is 1.32. The molecule has 0 radical (unpaired) electrons. The van der Waals surface area contributed by atoms with E-state index >= 15 is 0 Å². The van der Waals surface area contributed by atoms with Crippen LogP contribution in [-0.4, -0.2) is 47.8 Å². The average Bonchev–Trinajstić information content (AvgIpc) is 2.32. The maximum atomic E-state index is 11.9. The predicted molar refractivity (Wildman–Crippen MR) is 63.2 cm³/mol. The van der Waals surface area contributed by atoms with E-state index in [4.69, 9.17) is 9.84 Å². The summed E-state index contributed by atoms with van der Waals surface area (Å²) in [5.74, 6) is -0.757. The number of phenolic OH excluding ortho intramolecular Hbond substituents is 2. The monoisotopic (exact) mass is 239 g/mol. The van der Waals surface area contributed by atoms with Crippen molar-refractivity contribution in [1.29, 1.82) is 0 Å². The number of likely N-dealkylation sites (N-methyl/N-ethyl adjacent to an activating group) is 1. The number of rotatable bonds is 5. The Balaban J connectivity index is 2.65. The van der Waals surface area contributed by atoms with Crippen molar-refractivity contribution in [3.63, 3.8) is 0 Å². The first-order chi connectivity index (χ1) is 8.06. The molecule has 0 saturated carbocycles. The molecule has 17 heavy (non-hydrogen) atoms. The van der Waals surface area contributed by atoms with Gasteiger partial charge in [-0.3, -0.25) is 4.79 Å². The lowest BCUT2D eigenvalue weighted by molar-refractivity contribution is 0.0709. The fourth-order valence-corrected chi connectivity index (χ4v) is 1.32. The molecule has 1 amide bonds. The highest BCUT2D eigenvalue weighted by molar-refractivity contribution is 5.94. The Morgan fingerprint density at radius 2 is 2.06 bits per heavy atom. The molecule has 0 aliphatic carbocycles. The number of ether oxygens (including phenoxy) is 1. The summed E-state index contributed by atoms with van der Waals surface area (Å²) < 4.78 is 5.15. The van der Waals surface area contributed by atoms with E-state index in [1.165, 1.54) is 23.1 Å². The zero-order chi connectivity index (χ0) is 12.8. The van der Waals surface area contributed by atoms with E-state index < -0.39 is 0 Å². The lowest BCUT2D eigenvalue weighted by Crippen LogP contribution is -2.30. The number of benzene rings is 1. The SMILES string of the molecule is CCOCCN(C)C(=O)c1ccc(O)c(O)c1. The van der Waals surface area contributed by atoms with Crippen molar-refractivity contribution < 1.29 is 19.7 Å². The molecule has 0 aliphatic heterocycles. The van der Waals surface area contributed by atoms with Crippen LogP contribution in [0.1, 0.15) is 17.3 Å². The van der Waals surface area contributed by atoms with Crippen LogP contribution in [0.5, 0.6) is 11.5 Å². The second-order valence-corrected chi connectivity index (χ2v) is 3.63. The van der Waals surface area contributed by atoms with Gasteiger partial charge in [-0.15, -0.1) is 0 Å². The van der Waals surface area contributed by atoms with Gasteiger partial charge in [0, 0.05) is 25.8 Å². The van der Waals surface area contributed by atoms with Crippen molar-refractivity contribution in [2.75, 3.05) is 26.8 Å². The maximum absolute atomic E-state index is 11.9. The quantitative estimate of drug-likeness (QED) is 0.598. The van der Waals surface area contributed by atoms with E-state index in [9.17, 15) is 9.90 Å². The van der Waals surface area contributed by atoms with E-state index in [1.54, 1.807) is 7.05 Å². The molecule has 0 aromatic heterocycles. The third-order valence-electron chi connectivity index (χ3n) is 2.34. The van der Waals surface area contributed by atoms with Gasteiger partial charge in [-0.1, -0.05) is 0 Å². The number of phenols is 2. The summed E-state index contributed by atoms with van der Waals surface area (Å²) >= 11 is 0. The highest BCUT2D eigenvalue weighted by Gasteiger charge is 2.13. The summed E-state index contributed by atoms with van der Waals surface area (Å²) in [6.07, 6.45) is 0. The van der Waals surface area contributed by atoms with E-state index in [1.807, 2.05) is 6.92 Å². The third-order valence-corrected chi connectivity index (χ3v) is 2.34. The van der Waals surface area contributed by atoms with Gasteiger partial charge in [0.1, 0.15) is 0 Å². The van der Waals surface area contributed by atoms with Gasteiger partial charge in [-0.2, -0.15) is 0 Å². The molecule has 0 bridgehead atoms. The van der Waals surface area contributed by atoms with Crippen LogP contribution in [0.4, 0.5) is 0 Å². The Hall–Kier alpha value is -1.75. The molecular formula is C12H17NO4. The number of amides is 1. The second kappa shape index (κ2) is 6.10. The van der Waals surface area contributed by atoms with Crippen LogP contribution in [0.2, 0.25) is 0 Å². The second-order valence-electron chi connectivity index (χ2n) is 3.63. The zero-order valence-corrected chi connectivity index (χ0v) is 10.0. The predicted octanol–water partition coefficient (Wildman–Crippen LogP) is 1.21. The van der Waals surface area contributed by atoms with Crippen LogP contribution >= 0.6 is 0 Å². The number of nitrogens with zero attached hydrogens (tertiary/aromatic N) is 1. The molecule has 1 aromatic rings. The molecule has 0 aliphatic rings. The molecule has 0 spiro atoms. The van der Waals surface area contributed by atoms with Crippen LogP contribution in [0, 0.1) is 0 Å². The summed E-state index contributed by atoms with van der Waals surface area (Å²) in [6, 6.07) is 4.00. The highest BCUT2D eigenvalue weighted by atomic mass is 16.5. The third kappa shape index (κ3) is 3.64. The molecule has 1 aromatic carbocycles. The standard InChI is InChI=1S/C12H17NO4/c1-3-17-7-6-13(2)12(16)9-4-5-10(14)11(15)8-9/h4-5,8,14-15H,3,6-7H2,1-2H3. The highest BCUT2D eigenvalue weighted by Crippen LogP contribution is 2.25.